The van der Waals surface area contributed by atoms with Crippen LogP contribution in [0.2, 0.25) is 0 Å². The molecule has 0 atom stereocenters. The number of non-ortho nitro benzene ring substituents is 1. The van der Waals surface area contributed by atoms with Gasteiger partial charge in [-0.2, -0.15) is 0 Å². The van der Waals surface area contributed by atoms with Gasteiger partial charge < -0.3 is 4.74 Å². The van der Waals surface area contributed by atoms with Crippen molar-refractivity contribution in [1.29, 1.82) is 0 Å². The summed E-state index contributed by atoms with van der Waals surface area (Å²) in [6, 6.07) is 11.7. The predicted molar refractivity (Wildman–Crippen MR) is 103 cm³/mol. The number of aryl methyl sites for hydroxylation is 2. The van der Waals surface area contributed by atoms with Crippen LogP contribution in [-0.4, -0.2) is 28.0 Å². The first-order valence-electron chi connectivity index (χ1n) is 8.16. The van der Waals surface area contributed by atoms with Crippen molar-refractivity contribution in [2.24, 2.45) is 4.99 Å². The van der Waals surface area contributed by atoms with Crippen molar-refractivity contribution < 1.29 is 9.66 Å². The number of aromatic nitrogens is 2. The number of aliphatic imine (C=N–C) groups is 1. The van der Waals surface area contributed by atoms with Gasteiger partial charge in [-0.15, -0.1) is 0 Å². The smallest absolute Gasteiger partial charge is 0.280 e. The van der Waals surface area contributed by atoms with Crippen LogP contribution in [0.4, 0.5) is 11.4 Å². The normalized spacial score (nSPS) is 11.1. The highest BCUT2D eigenvalue weighted by Crippen LogP contribution is 2.31. The Morgan fingerprint density at radius 1 is 1.22 bits per heavy atom. The molecule has 0 unspecified atom stereocenters. The highest BCUT2D eigenvalue weighted by atomic mass is 16.6. The Bertz CT molecular complexity index is 1100. The molecule has 8 heteroatoms. The van der Waals surface area contributed by atoms with E-state index in [1.54, 1.807) is 6.92 Å². The summed E-state index contributed by atoms with van der Waals surface area (Å²) in [4.78, 5) is 27.4. The first-order valence-corrected chi connectivity index (χ1v) is 8.16. The van der Waals surface area contributed by atoms with E-state index in [-0.39, 0.29) is 17.0 Å². The van der Waals surface area contributed by atoms with Crippen LogP contribution in [-0.2, 0) is 0 Å². The van der Waals surface area contributed by atoms with Gasteiger partial charge in [0, 0.05) is 18.0 Å². The van der Waals surface area contributed by atoms with Gasteiger partial charge in [-0.05, 0) is 31.5 Å². The van der Waals surface area contributed by atoms with Crippen LogP contribution in [0.1, 0.15) is 16.8 Å². The van der Waals surface area contributed by atoms with E-state index >= 15 is 0 Å². The zero-order valence-corrected chi connectivity index (χ0v) is 15.1. The summed E-state index contributed by atoms with van der Waals surface area (Å²) in [5, 5.41) is 13.9. The molecule has 0 bridgehead atoms. The molecule has 1 aromatic heterocycles. The predicted octanol–water partition coefficient (Wildman–Crippen LogP) is 3.45. The Balaban J connectivity index is 2.01. The summed E-state index contributed by atoms with van der Waals surface area (Å²) in [6.45, 7) is 3.71. The third-order valence-corrected chi connectivity index (χ3v) is 4.18. The lowest BCUT2D eigenvalue weighted by Crippen LogP contribution is -2.18. The van der Waals surface area contributed by atoms with Crippen molar-refractivity contribution in [3.8, 4) is 11.4 Å². The van der Waals surface area contributed by atoms with Gasteiger partial charge in [-0.3, -0.25) is 25.0 Å². The highest BCUT2D eigenvalue weighted by molar-refractivity contribution is 5.84. The number of ether oxygens (including phenoxy) is 1. The van der Waals surface area contributed by atoms with Crippen molar-refractivity contribution in [2.45, 2.75) is 13.8 Å². The van der Waals surface area contributed by atoms with Gasteiger partial charge in [-0.1, -0.05) is 18.2 Å². The second-order valence-electron chi connectivity index (χ2n) is 5.95. The molecule has 27 heavy (non-hydrogen) atoms. The van der Waals surface area contributed by atoms with Gasteiger partial charge in [0.2, 0.25) is 0 Å². The molecule has 0 aliphatic rings. The fourth-order valence-electron chi connectivity index (χ4n) is 2.72. The van der Waals surface area contributed by atoms with Crippen LogP contribution in [0.5, 0.6) is 5.75 Å². The summed E-state index contributed by atoms with van der Waals surface area (Å²) >= 11 is 0. The molecule has 3 aromatic rings. The molecule has 8 nitrogen and oxygen atoms in total. The Labute approximate surface area is 154 Å². The lowest BCUT2D eigenvalue weighted by Gasteiger charge is -2.04. The van der Waals surface area contributed by atoms with Crippen LogP contribution in [0.3, 0.4) is 0 Å². The lowest BCUT2D eigenvalue weighted by atomic mass is 10.2. The topological polar surface area (TPSA) is 103 Å². The number of nitrogens with zero attached hydrogens (tertiary/aromatic N) is 3. The minimum Gasteiger partial charge on any atom is -0.494 e. The minimum absolute atomic E-state index is 0.0921. The second-order valence-corrected chi connectivity index (χ2v) is 5.95. The van der Waals surface area contributed by atoms with Crippen molar-refractivity contribution in [2.75, 3.05) is 7.11 Å². The van der Waals surface area contributed by atoms with Gasteiger partial charge in [0.1, 0.15) is 5.69 Å². The number of para-hydroxylation sites is 1. The van der Waals surface area contributed by atoms with E-state index in [1.807, 2.05) is 31.2 Å². The van der Waals surface area contributed by atoms with Crippen LogP contribution in [0.25, 0.3) is 5.69 Å². The number of benzene rings is 2. The summed E-state index contributed by atoms with van der Waals surface area (Å²) in [5.74, 6) is 0.257. The molecule has 1 heterocycles. The van der Waals surface area contributed by atoms with E-state index in [0.29, 0.717) is 16.9 Å². The third-order valence-electron chi connectivity index (χ3n) is 4.18. The fraction of sp³-hybridized carbons (Fsp3) is 0.158. The molecule has 1 N–H and O–H groups in total. The van der Waals surface area contributed by atoms with Crippen LogP contribution in [0.15, 0.2) is 52.3 Å². The van der Waals surface area contributed by atoms with Gasteiger partial charge in [-0.25, -0.2) is 4.68 Å². The molecule has 0 aliphatic carbocycles. The molecule has 2 aromatic carbocycles. The van der Waals surface area contributed by atoms with Crippen molar-refractivity contribution in [1.82, 2.24) is 9.78 Å². The zero-order chi connectivity index (χ0) is 19.6. The Hall–Kier alpha value is -3.68. The molecule has 0 aliphatic heterocycles. The monoisotopic (exact) mass is 366 g/mol. The molecule has 0 spiro atoms. The van der Waals surface area contributed by atoms with E-state index < -0.39 is 4.92 Å². The Morgan fingerprint density at radius 2 is 1.96 bits per heavy atom. The maximum Gasteiger partial charge on any atom is 0.280 e. The van der Waals surface area contributed by atoms with Crippen molar-refractivity contribution in [3.63, 3.8) is 0 Å². The van der Waals surface area contributed by atoms with Crippen LogP contribution < -0.4 is 10.3 Å². The highest BCUT2D eigenvalue weighted by Gasteiger charge is 2.14. The standard InChI is InChI=1S/C19H18N4O4/c1-12-6-4-5-7-17(12)22-19(24)15(13(2)21-22)11-20-16-9-8-14(23(25)26)10-18(16)27-3/h4-11,21H,1-3H3. The van der Waals surface area contributed by atoms with Crippen molar-refractivity contribution >= 4 is 17.6 Å². The average Bonchev–Trinajstić information content (AvgIpc) is 2.94. The molecule has 0 saturated heterocycles. The molecule has 0 fully saturated rings. The van der Waals surface area contributed by atoms with E-state index in [9.17, 15) is 14.9 Å². The van der Waals surface area contributed by atoms with Gasteiger partial charge in [0.25, 0.3) is 11.2 Å². The quantitative estimate of drug-likeness (QED) is 0.424. The maximum absolute atomic E-state index is 12.8. The summed E-state index contributed by atoms with van der Waals surface area (Å²) in [6.07, 6.45) is 1.44. The number of nitro benzene ring substituents is 1. The number of nitrogens with one attached hydrogen (secondary N) is 1. The number of H-pyrrole nitrogens is 1. The molecular formula is C19H18N4O4. The zero-order valence-electron chi connectivity index (χ0n) is 15.1. The fourth-order valence-corrected chi connectivity index (χ4v) is 2.72. The van der Waals surface area contributed by atoms with E-state index in [0.717, 1.165) is 11.3 Å². The molecule has 0 amide bonds. The number of hydrogen-bond donors (Lipinski definition) is 1. The number of nitro groups is 1. The summed E-state index contributed by atoms with van der Waals surface area (Å²) in [7, 11) is 1.41. The van der Waals surface area contributed by atoms with Gasteiger partial charge in [0.05, 0.1) is 29.4 Å². The SMILES string of the molecule is COc1cc([N+](=O)[O-])ccc1N=Cc1c(C)[nH]n(-c2ccccc2C)c1=O. The second kappa shape index (κ2) is 7.28. The molecule has 0 saturated carbocycles. The van der Waals surface area contributed by atoms with E-state index in [2.05, 4.69) is 10.1 Å². The lowest BCUT2D eigenvalue weighted by molar-refractivity contribution is -0.384. The van der Waals surface area contributed by atoms with Crippen LogP contribution >= 0.6 is 0 Å². The molecular weight excluding hydrogens is 348 g/mol. The number of aromatic amines is 1. The average molecular weight is 366 g/mol. The van der Waals surface area contributed by atoms with Gasteiger partial charge in [0.15, 0.2) is 5.75 Å². The first kappa shape index (κ1) is 18.1. The van der Waals surface area contributed by atoms with E-state index in [1.165, 1.54) is 36.2 Å². The van der Waals surface area contributed by atoms with Crippen LogP contribution in [0, 0.1) is 24.0 Å². The Morgan fingerprint density at radius 3 is 2.63 bits per heavy atom. The largest absolute Gasteiger partial charge is 0.494 e. The van der Waals surface area contributed by atoms with Crippen molar-refractivity contribution in [3.05, 3.63) is 79.8 Å². The number of hydrogen-bond acceptors (Lipinski definition) is 5. The first-order chi connectivity index (χ1) is 12.9. The molecule has 0 radical (unpaired) electrons. The molecule has 3 rings (SSSR count). The molecule has 138 valence electrons. The number of rotatable bonds is 5. The van der Waals surface area contributed by atoms with Gasteiger partial charge >= 0.3 is 0 Å². The maximum atomic E-state index is 12.8. The minimum atomic E-state index is -0.507. The third kappa shape index (κ3) is 3.50. The Kier molecular flexibility index (Phi) is 4.89. The summed E-state index contributed by atoms with van der Waals surface area (Å²) < 4.78 is 6.64. The number of methoxy groups -OCH3 is 1. The summed E-state index contributed by atoms with van der Waals surface area (Å²) in [5.41, 5.74) is 2.86. The van der Waals surface area contributed by atoms with E-state index in [4.69, 9.17) is 4.74 Å².